The van der Waals surface area contributed by atoms with E-state index in [0.29, 0.717) is 18.8 Å². The number of nitrogens with two attached hydrogens (primary N) is 1. The van der Waals surface area contributed by atoms with Crippen molar-refractivity contribution in [2.24, 2.45) is 5.14 Å². The van der Waals surface area contributed by atoms with E-state index >= 15 is 0 Å². The van der Waals surface area contributed by atoms with Crippen LogP contribution in [0.1, 0.15) is 21.5 Å². The third-order valence-corrected chi connectivity index (χ3v) is 5.74. The lowest BCUT2D eigenvalue weighted by atomic mass is 10.1. The molecule has 0 aliphatic rings. The Kier molecular flexibility index (Phi) is 6.22. The largest absolute Gasteiger partial charge is 0.478 e. The third kappa shape index (κ3) is 5.14. The highest BCUT2D eigenvalue weighted by molar-refractivity contribution is 7.89. The first kappa shape index (κ1) is 20.9. The summed E-state index contributed by atoms with van der Waals surface area (Å²) >= 11 is 6.16. The molecule has 3 aromatic rings. The van der Waals surface area contributed by atoms with Crippen molar-refractivity contribution in [2.75, 3.05) is 4.90 Å². The van der Waals surface area contributed by atoms with Crippen molar-refractivity contribution in [1.29, 1.82) is 0 Å². The quantitative estimate of drug-likeness (QED) is 0.592. The molecular weight excluding hydrogens is 412 g/mol. The van der Waals surface area contributed by atoms with Crippen molar-refractivity contribution in [3.05, 3.63) is 94.5 Å². The zero-order chi connectivity index (χ0) is 21.0. The van der Waals surface area contributed by atoms with Crippen LogP contribution in [0.25, 0.3) is 0 Å². The Morgan fingerprint density at radius 1 is 0.931 bits per heavy atom. The van der Waals surface area contributed by atoms with E-state index < -0.39 is 20.9 Å². The van der Waals surface area contributed by atoms with Crippen LogP contribution in [-0.2, 0) is 23.1 Å². The molecule has 0 aliphatic heterocycles. The minimum atomic E-state index is -4.16. The fourth-order valence-electron chi connectivity index (χ4n) is 3.03. The van der Waals surface area contributed by atoms with Gasteiger partial charge in [0.2, 0.25) is 10.0 Å². The summed E-state index contributed by atoms with van der Waals surface area (Å²) in [6.45, 7) is 0.808. The number of hydrogen-bond acceptors (Lipinski definition) is 4. The predicted octanol–water partition coefficient (Wildman–Crippen LogP) is 3.89. The highest BCUT2D eigenvalue weighted by Crippen LogP contribution is 2.32. The minimum absolute atomic E-state index is 0.126. The van der Waals surface area contributed by atoms with E-state index in [1.807, 2.05) is 65.6 Å². The van der Waals surface area contributed by atoms with E-state index in [2.05, 4.69) is 0 Å². The molecule has 0 aliphatic carbocycles. The van der Waals surface area contributed by atoms with E-state index in [1.165, 1.54) is 6.07 Å². The van der Waals surface area contributed by atoms with Crippen molar-refractivity contribution in [3.63, 3.8) is 0 Å². The first-order valence-electron chi connectivity index (χ1n) is 8.68. The molecule has 0 saturated heterocycles. The first-order valence-corrected chi connectivity index (χ1v) is 10.6. The Morgan fingerprint density at radius 3 is 1.83 bits per heavy atom. The molecule has 6 nitrogen and oxygen atoms in total. The fourth-order valence-corrected chi connectivity index (χ4v) is 4.12. The van der Waals surface area contributed by atoms with Gasteiger partial charge in [-0.25, -0.2) is 18.4 Å². The van der Waals surface area contributed by atoms with Crippen molar-refractivity contribution < 1.29 is 18.3 Å². The summed E-state index contributed by atoms with van der Waals surface area (Å²) in [6.07, 6.45) is 0. The lowest BCUT2D eigenvalue weighted by Crippen LogP contribution is -2.25. The molecule has 0 aromatic heterocycles. The number of carboxylic acid groups (broad SMARTS) is 1. The van der Waals surface area contributed by atoms with Crippen molar-refractivity contribution in [3.8, 4) is 0 Å². The number of rotatable bonds is 7. The number of halogens is 1. The molecule has 0 fully saturated rings. The van der Waals surface area contributed by atoms with Gasteiger partial charge >= 0.3 is 5.97 Å². The highest BCUT2D eigenvalue weighted by atomic mass is 35.5. The van der Waals surface area contributed by atoms with Gasteiger partial charge in [-0.2, -0.15) is 0 Å². The highest BCUT2D eigenvalue weighted by Gasteiger charge is 2.23. The number of sulfonamides is 1. The van der Waals surface area contributed by atoms with Crippen LogP contribution in [-0.4, -0.2) is 19.5 Å². The Hall–Kier alpha value is -2.87. The van der Waals surface area contributed by atoms with Gasteiger partial charge in [-0.1, -0.05) is 72.3 Å². The Bertz CT molecular complexity index is 1080. The topological polar surface area (TPSA) is 101 Å². The van der Waals surface area contributed by atoms with E-state index in [4.69, 9.17) is 16.7 Å². The Morgan fingerprint density at radius 2 is 1.41 bits per heavy atom. The van der Waals surface area contributed by atoms with Crippen LogP contribution >= 0.6 is 11.6 Å². The van der Waals surface area contributed by atoms with E-state index in [1.54, 1.807) is 0 Å². The number of carboxylic acids is 1. The summed E-state index contributed by atoms with van der Waals surface area (Å²) < 4.78 is 23.6. The van der Waals surface area contributed by atoms with Gasteiger partial charge in [0.15, 0.2) is 0 Å². The SMILES string of the molecule is NS(=O)(=O)c1cc(C(=O)O)c(N(Cc2ccccc2)Cc2ccccc2)cc1Cl. The standard InChI is InChI=1S/C21H19ClN2O4S/c22-18-12-19(17(21(25)26)11-20(18)29(23,27)28)24(13-15-7-3-1-4-8-15)14-16-9-5-2-6-10-16/h1-12H,13-14H2,(H,25,26)(H2,23,27,28). The van der Waals surface area contributed by atoms with Gasteiger partial charge < -0.3 is 10.0 Å². The van der Waals surface area contributed by atoms with Crippen LogP contribution in [0.5, 0.6) is 0 Å². The van der Waals surface area contributed by atoms with Gasteiger partial charge in [0, 0.05) is 13.1 Å². The molecule has 0 bridgehead atoms. The lowest BCUT2D eigenvalue weighted by Gasteiger charge is -2.27. The molecule has 150 valence electrons. The number of carbonyl (C=O) groups is 1. The monoisotopic (exact) mass is 430 g/mol. The van der Waals surface area contributed by atoms with Crippen molar-refractivity contribution in [1.82, 2.24) is 0 Å². The van der Waals surface area contributed by atoms with Gasteiger partial charge in [-0.15, -0.1) is 0 Å². The maximum absolute atomic E-state index is 11.9. The Labute approximate surface area is 174 Å². The van der Waals surface area contributed by atoms with Crippen LogP contribution in [0.2, 0.25) is 5.02 Å². The zero-order valence-corrected chi connectivity index (χ0v) is 16.9. The van der Waals surface area contributed by atoms with Gasteiger partial charge in [0.05, 0.1) is 16.3 Å². The van der Waals surface area contributed by atoms with Crippen LogP contribution in [0, 0.1) is 0 Å². The molecule has 0 radical (unpaired) electrons. The molecular formula is C21H19ClN2O4S. The fraction of sp³-hybridized carbons (Fsp3) is 0.0952. The molecule has 3 rings (SSSR count). The lowest BCUT2D eigenvalue weighted by molar-refractivity contribution is 0.0697. The van der Waals surface area contributed by atoms with Crippen LogP contribution < -0.4 is 10.0 Å². The second-order valence-corrected chi connectivity index (χ2v) is 8.41. The van der Waals surface area contributed by atoms with Gasteiger partial charge in [0.25, 0.3) is 0 Å². The summed E-state index contributed by atoms with van der Waals surface area (Å²) in [4.78, 5) is 13.3. The molecule has 0 unspecified atom stereocenters. The molecule has 0 amide bonds. The molecule has 0 atom stereocenters. The van der Waals surface area contributed by atoms with E-state index in [9.17, 15) is 18.3 Å². The second-order valence-electron chi connectivity index (χ2n) is 6.48. The summed E-state index contributed by atoms with van der Waals surface area (Å²) in [5.41, 5.74) is 2.05. The van der Waals surface area contributed by atoms with E-state index in [0.717, 1.165) is 17.2 Å². The van der Waals surface area contributed by atoms with Crippen LogP contribution in [0.3, 0.4) is 0 Å². The van der Waals surface area contributed by atoms with Gasteiger partial charge in [-0.3, -0.25) is 0 Å². The smallest absolute Gasteiger partial charge is 0.337 e. The Balaban J connectivity index is 2.13. The number of aromatic carboxylic acids is 1. The normalized spacial score (nSPS) is 11.2. The predicted molar refractivity (Wildman–Crippen MR) is 113 cm³/mol. The van der Waals surface area contributed by atoms with Gasteiger partial charge in [0.1, 0.15) is 4.90 Å². The van der Waals surface area contributed by atoms with Crippen LogP contribution in [0.15, 0.2) is 77.7 Å². The average molecular weight is 431 g/mol. The number of hydrogen-bond donors (Lipinski definition) is 2. The minimum Gasteiger partial charge on any atom is -0.478 e. The first-order chi connectivity index (χ1) is 13.8. The summed E-state index contributed by atoms with van der Waals surface area (Å²) in [5.74, 6) is -1.27. The number of anilines is 1. The molecule has 8 heteroatoms. The van der Waals surface area contributed by atoms with Crippen molar-refractivity contribution in [2.45, 2.75) is 18.0 Å². The third-order valence-electron chi connectivity index (χ3n) is 4.36. The van der Waals surface area contributed by atoms with E-state index in [-0.39, 0.29) is 10.6 Å². The molecule has 3 aromatic carbocycles. The maximum Gasteiger partial charge on any atom is 0.337 e. The average Bonchev–Trinajstić information content (AvgIpc) is 2.67. The number of nitrogens with zero attached hydrogens (tertiary/aromatic N) is 1. The molecule has 3 N–H and O–H groups in total. The molecule has 0 saturated carbocycles. The molecule has 0 heterocycles. The second kappa shape index (κ2) is 8.65. The molecule has 0 spiro atoms. The van der Waals surface area contributed by atoms with Crippen LogP contribution in [0.4, 0.5) is 5.69 Å². The van der Waals surface area contributed by atoms with Gasteiger partial charge in [-0.05, 0) is 23.3 Å². The maximum atomic E-state index is 11.9. The number of primary sulfonamides is 1. The number of benzene rings is 3. The zero-order valence-electron chi connectivity index (χ0n) is 15.3. The summed E-state index contributed by atoms with van der Waals surface area (Å²) in [6, 6.07) is 21.4. The molecule has 29 heavy (non-hydrogen) atoms. The summed E-state index contributed by atoms with van der Waals surface area (Å²) in [5, 5.41) is 14.8. The summed E-state index contributed by atoms with van der Waals surface area (Å²) in [7, 11) is -4.16. The van der Waals surface area contributed by atoms with Crippen molar-refractivity contribution >= 4 is 33.3 Å².